The fraction of sp³-hybridized carbons (Fsp3) is 0.261. The lowest BCUT2D eigenvalue weighted by Crippen LogP contribution is -2.52. The van der Waals surface area contributed by atoms with Crippen molar-refractivity contribution in [3.63, 3.8) is 0 Å². The summed E-state index contributed by atoms with van der Waals surface area (Å²) in [5, 5.41) is 1.95. The van der Waals surface area contributed by atoms with Gasteiger partial charge >= 0.3 is 0 Å². The summed E-state index contributed by atoms with van der Waals surface area (Å²) in [6.45, 7) is 3.07. The molecule has 0 saturated carbocycles. The molecule has 2 aromatic carbocycles. The third-order valence-corrected chi connectivity index (χ3v) is 5.86. The van der Waals surface area contributed by atoms with Gasteiger partial charge in [-0.15, -0.1) is 0 Å². The van der Waals surface area contributed by atoms with Gasteiger partial charge in [0, 0.05) is 37.8 Å². The Bertz CT molecular complexity index is 1060. The summed E-state index contributed by atoms with van der Waals surface area (Å²) in [5.41, 5.74) is 0.688. The molecular formula is C23H22N4O2. The first-order chi connectivity index (χ1) is 14.2. The maximum absolute atomic E-state index is 13.2. The smallest absolute Gasteiger partial charge is 0.251 e. The standard InChI is InChI=1S/C23H22N4O2/c28-22-16-20(25-12-14-26(15-13-25)21-10-3-4-11-24-21)23(29)27(22)19-9-5-7-17-6-1-2-8-18(17)19/h1-11,20H,12-16H2/t20-/m0/s1. The lowest BCUT2D eigenvalue weighted by Gasteiger charge is -2.37. The van der Waals surface area contributed by atoms with Crippen LogP contribution >= 0.6 is 0 Å². The zero-order valence-corrected chi connectivity index (χ0v) is 16.1. The second-order valence-corrected chi connectivity index (χ2v) is 7.50. The van der Waals surface area contributed by atoms with Gasteiger partial charge in [-0.05, 0) is 23.6 Å². The second kappa shape index (κ2) is 7.29. The molecule has 3 heterocycles. The molecule has 1 aromatic heterocycles. The van der Waals surface area contributed by atoms with Crippen molar-refractivity contribution in [3.05, 3.63) is 66.9 Å². The predicted molar refractivity (Wildman–Crippen MR) is 113 cm³/mol. The van der Waals surface area contributed by atoms with Crippen molar-refractivity contribution >= 4 is 34.1 Å². The van der Waals surface area contributed by atoms with Gasteiger partial charge in [-0.25, -0.2) is 9.88 Å². The summed E-state index contributed by atoms with van der Waals surface area (Å²) in [6, 6.07) is 19.1. The molecule has 6 heteroatoms. The van der Waals surface area contributed by atoms with E-state index in [0.29, 0.717) is 5.69 Å². The Labute approximate surface area is 169 Å². The van der Waals surface area contributed by atoms with Crippen molar-refractivity contribution in [1.82, 2.24) is 9.88 Å². The van der Waals surface area contributed by atoms with E-state index in [2.05, 4.69) is 14.8 Å². The molecule has 0 spiro atoms. The number of anilines is 2. The highest BCUT2D eigenvalue weighted by Crippen LogP contribution is 2.32. The number of aromatic nitrogens is 1. The third kappa shape index (κ3) is 3.15. The van der Waals surface area contributed by atoms with Crippen molar-refractivity contribution in [2.24, 2.45) is 0 Å². The topological polar surface area (TPSA) is 56.8 Å². The number of imide groups is 1. The maximum Gasteiger partial charge on any atom is 0.251 e. The zero-order chi connectivity index (χ0) is 19.8. The lowest BCUT2D eigenvalue weighted by molar-refractivity contribution is -0.123. The van der Waals surface area contributed by atoms with Crippen LogP contribution in [0.25, 0.3) is 10.8 Å². The summed E-state index contributed by atoms with van der Waals surface area (Å²) in [7, 11) is 0. The number of benzene rings is 2. The Morgan fingerprint density at radius 3 is 2.38 bits per heavy atom. The molecule has 0 bridgehead atoms. The van der Waals surface area contributed by atoms with Gasteiger partial charge in [0.05, 0.1) is 18.2 Å². The largest absolute Gasteiger partial charge is 0.354 e. The number of pyridine rings is 1. The molecule has 2 aliphatic rings. The molecule has 6 nitrogen and oxygen atoms in total. The van der Waals surface area contributed by atoms with E-state index in [1.54, 1.807) is 6.20 Å². The van der Waals surface area contributed by atoms with Crippen LogP contribution in [-0.4, -0.2) is 53.9 Å². The minimum Gasteiger partial charge on any atom is -0.354 e. The normalized spacial score (nSPS) is 20.6. The van der Waals surface area contributed by atoms with Crippen LogP contribution in [0.15, 0.2) is 66.9 Å². The van der Waals surface area contributed by atoms with Gasteiger partial charge in [-0.1, -0.05) is 42.5 Å². The van der Waals surface area contributed by atoms with Crippen molar-refractivity contribution < 1.29 is 9.59 Å². The number of piperazine rings is 1. The van der Waals surface area contributed by atoms with E-state index >= 15 is 0 Å². The molecule has 1 atom stereocenters. The van der Waals surface area contributed by atoms with E-state index in [-0.39, 0.29) is 24.3 Å². The number of carbonyl (C=O) groups excluding carboxylic acids is 2. The Morgan fingerprint density at radius 1 is 0.828 bits per heavy atom. The van der Waals surface area contributed by atoms with Crippen LogP contribution < -0.4 is 9.80 Å². The van der Waals surface area contributed by atoms with Gasteiger partial charge in [0.15, 0.2) is 0 Å². The van der Waals surface area contributed by atoms with Crippen molar-refractivity contribution in [1.29, 1.82) is 0 Å². The van der Waals surface area contributed by atoms with Gasteiger partial charge in [-0.3, -0.25) is 14.5 Å². The molecule has 2 amide bonds. The van der Waals surface area contributed by atoms with Crippen LogP contribution in [0.3, 0.4) is 0 Å². The number of amides is 2. The van der Waals surface area contributed by atoms with Crippen molar-refractivity contribution in [3.8, 4) is 0 Å². The quantitative estimate of drug-likeness (QED) is 0.648. The maximum atomic E-state index is 13.2. The van der Waals surface area contributed by atoms with Crippen molar-refractivity contribution in [2.75, 3.05) is 36.0 Å². The summed E-state index contributed by atoms with van der Waals surface area (Å²) in [4.78, 5) is 36.2. The molecule has 146 valence electrons. The van der Waals surface area contributed by atoms with Gasteiger partial charge < -0.3 is 4.90 Å². The SMILES string of the molecule is O=C1C[C@H](N2CCN(c3ccccn3)CC2)C(=O)N1c1cccc2ccccc12. The van der Waals surface area contributed by atoms with Crippen LogP contribution in [0.4, 0.5) is 11.5 Å². The van der Waals surface area contributed by atoms with Crippen LogP contribution in [0.2, 0.25) is 0 Å². The van der Waals surface area contributed by atoms with E-state index in [0.717, 1.165) is 42.8 Å². The molecule has 2 aliphatic heterocycles. The summed E-state index contributed by atoms with van der Waals surface area (Å²) in [5.74, 6) is 0.722. The van der Waals surface area contributed by atoms with Gasteiger partial charge in [-0.2, -0.15) is 0 Å². The van der Waals surface area contributed by atoms with Crippen LogP contribution in [0.5, 0.6) is 0 Å². The first-order valence-corrected chi connectivity index (χ1v) is 9.97. The van der Waals surface area contributed by atoms with Gasteiger partial charge in [0.2, 0.25) is 5.91 Å². The summed E-state index contributed by atoms with van der Waals surface area (Å²) >= 11 is 0. The Morgan fingerprint density at radius 2 is 1.59 bits per heavy atom. The van der Waals surface area contributed by atoms with E-state index in [1.807, 2.05) is 60.7 Å². The fourth-order valence-corrected chi connectivity index (χ4v) is 4.36. The van der Waals surface area contributed by atoms with Crippen LogP contribution in [0.1, 0.15) is 6.42 Å². The number of nitrogens with zero attached hydrogens (tertiary/aromatic N) is 4. The first-order valence-electron chi connectivity index (χ1n) is 9.97. The molecule has 0 radical (unpaired) electrons. The van der Waals surface area contributed by atoms with Crippen molar-refractivity contribution in [2.45, 2.75) is 12.5 Å². The number of rotatable bonds is 3. The minimum absolute atomic E-state index is 0.113. The number of hydrogen-bond acceptors (Lipinski definition) is 5. The van der Waals surface area contributed by atoms with E-state index < -0.39 is 0 Å². The van der Waals surface area contributed by atoms with E-state index in [4.69, 9.17) is 0 Å². The molecular weight excluding hydrogens is 364 g/mol. The van der Waals surface area contributed by atoms with Gasteiger partial charge in [0.1, 0.15) is 5.82 Å². The Kier molecular flexibility index (Phi) is 4.48. The van der Waals surface area contributed by atoms with E-state index in [1.165, 1.54) is 4.90 Å². The van der Waals surface area contributed by atoms with Gasteiger partial charge in [0.25, 0.3) is 5.91 Å². The fourth-order valence-electron chi connectivity index (χ4n) is 4.36. The Balaban J connectivity index is 1.35. The summed E-state index contributed by atoms with van der Waals surface area (Å²) in [6.07, 6.45) is 2.04. The molecule has 5 rings (SSSR count). The molecule has 29 heavy (non-hydrogen) atoms. The average Bonchev–Trinajstić information content (AvgIpc) is 3.08. The zero-order valence-electron chi connectivity index (χ0n) is 16.1. The third-order valence-electron chi connectivity index (χ3n) is 5.86. The summed E-state index contributed by atoms with van der Waals surface area (Å²) < 4.78 is 0. The lowest BCUT2D eigenvalue weighted by atomic mass is 10.1. The number of hydrogen-bond donors (Lipinski definition) is 0. The monoisotopic (exact) mass is 386 g/mol. The molecule has 2 saturated heterocycles. The molecule has 0 aliphatic carbocycles. The highest BCUT2D eigenvalue weighted by Gasteiger charge is 2.43. The average molecular weight is 386 g/mol. The molecule has 0 unspecified atom stereocenters. The highest BCUT2D eigenvalue weighted by molar-refractivity contribution is 6.25. The first kappa shape index (κ1) is 17.8. The number of carbonyl (C=O) groups is 2. The molecule has 2 fully saturated rings. The molecule has 0 N–H and O–H groups in total. The highest BCUT2D eigenvalue weighted by atomic mass is 16.2. The van der Waals surface area contributed by atoms with Crippen LogP contribution in [-0.2, 0) is 9.59 Å². The predicted octanol–water partition coefficient (Wildman–Crippen LogP) is 2.69. The Hall–Kier alpha value is -3.25. The van der Waals surface area contributed by atoms with Crippen LogP contribution in [0, 0.1) is 0 Å². The minimum atomic E-state index is -0.382. The molecule has 3 aromatic rings. The second-order valence-electron chi connectivity index (χ2n) is 7.50. The van der Waals surface area contributed by atoms with E-state index in [9.17, 15) is 9.59 Å². The number of fused-ring (bicyclic) bond motifs is 1.